The van der Waals surface area contributed by atoms with Crippen LogP contribution in [0.2, 0.25) is 0 Å². The van der Waals surface area contributed by atoms with Crippen LogP contribution in [0.15, 0.2) is 53.4 Å². The van der Waals surface area contributed by atoms with Crippen molar-refractivity contribution in [2.75, 3.05) is 5.32 Å². The van der Waals surface area contributed by atoms with Crippen molar-refractivity contribution in [2.45, 2.75) is 18.0 Å². The SMILES string of the molecule is Cc1cc(Nc2ccc(S(N)(=O)=O)cc2)c2ccc(C(F)(F)F)cc2n1. The van der Waals surface area contributed by atoms with Gasteiger partial charge in [0.15, 0.2) is 0 Å². The Bertz CT molecular complexity index is 1080. The van der Waals surface area contributed by atoms with Crippen molar-refractivity contribution >= 4 is 32.3 Å². The van der Waals surface area contributed by atoms with Gasteiger partial charge in [-0.2, -0.15) is 13.2 Å². The Morgan fingerprint density at radius 3 is 2.27 bits per heavy atom. The minimum atomic E-state index is -4.45. The van der Waals surface area contributed by atoms with Crippen LogP contribution in [0.5, 0.6) is 0 Å². The average molecular weight is 381 g/mol. The molecule has 0 bridgehead atoms. The number of halogens is 3. The van der Waals surface area contributed by atoms with Crippen molar-refractivity contribution in [2.24, 2.45) is 5.14 Å². The van der Waals surface area contributed by atoms with Crippen LogP contribution in [-0.2, 0) is 16.2 Å². The summed E-state index contributed by atoms with van der Waals surface area (Å²) >= 11 is 0. The number of aryl methyl sites for hydroxylation is 1. The fraction of sp³-hybridized carbons (Fsp3) is 0.118. The van der Waals surface area contributed by atoms with E-state index in [9.17, 15) is 21.6 Å². The summed E-state index contributed by atoms with van der Waals surface area (Å²) in [4.78, 5) is 4.13. The van der Waals surface area contributed by atoms with Gasteiger partial charge in [-0.1, -0.05) is 6.07 Å². The lowest BCUT2D eigenvalue weighted by Gasteiger charge is -2.13. The molecule has 0 unspecified atom stereocenters. The molecule has 0 atom stereocenters. The van der Waals surface area contributed by atoms with E-state index >= 15 is 0 Å². The van der Waals surface area contributed by atoms with Gasteiger partial charge in [-0.3, -0.25) is 4.98 Å². The molecule has 26 heavy (non-hydrogen) atoms. The predicted molar refractivity (Wildman–Crippen MR) is 92.6 cm³/mol. The first-order chi connectivity index (χ1) is 12.0. The predicted octanol–water partition coefficient (Wildman–Crippen LogP) is 3.95. The highest BCUT2D eigenvalue weighted by Crippen LogP contribution is 2.33. The quantitative estimate of drug-likeness (QED) is 0.719. The van der Waals surface area contributed by atoms with Gasteiger partial charge < -0.3 is 5.32 Å². The van der Waals surface area contributed by atoms with E-state index in [0.717, 1.165) is 12.1 Å². The highest BCUT2D eigenvalue weighted by atomic mass is 32.2. The summed E-state index contributed by atoms with van der Waals surface area (Å²) in [6, 6.07) is 10.8. The van der Waals surface area contributed by atoms with Crippen LogP contribution < -0.4 is 10.5 Å². The Labute approximate surface area is 147 Å². The van der Waals surface area contributed by atoms with Crippen molar-refractivity contribution in [1.82, 2.24) is 4.98 Å². The summed E-state index contributed by atoms with van der Waals surface area (Å²) in [5, 5.41) is 8.64. The summed E-state index contributed by atoms with van der Waals surface area (Å²) in [6.45, 7) is 1.68. The first-order valence-corrected chi connectivity index (χ1v) is 8.97. The standard InChI is InChI=1S/C17H14F3N3O2S/c1-10-8-15(23-12-3-5-13(6-4-12)26(21,24)25)14-7-2-11(17(18,19)20)9-16(14)22-10/h2-9H,1H3,(H,22,23)(H2,21,24,25). The van der Waals surface area contributed by atoms with Crippen LogP contribution in [-0.4, -0.2) is 13.4 Å². The molecule has 0 saturated heterocycles. The number of nitrogens with zero attached hydrogens (tertiary/aromatic N) is 1. The molecule has 3 N–H and O–H groups in total. The zero-order chi connectivity index (χ0) is 19.1. The summed E-state index contributed by atoms with van der Waals surface area (Å²) in [5.41, 5.74) is 1.10. The third kappa shape index (κ3) is 3.78. The van der Waals surface area contributed by atoms with Gasteiger partial charge in [-0.05, 0) is 49.4 Å². The number of hydrogen-bond acceptors (Lipinski definition) is 4. The third-order valence-electron chi connectivity index (χ3n) is 3.73. The minimum absolute atomic E-state index is 0.0337. The Morgan fingerprint density at radius 2 is 1.69 bits per heavy atom. The van der Waals surface area contributed by atoms with Crippen LogP contribution in [0, 0.1) is 6.92 Å². The number of aromatic nitrogens is 1. The van der Waals surface area contributed by atoms with E-state index in [1.54, 1.807) is 13.0 Å². The van der Waals surface area contributed by atoms with Gasteiger partial charge in [0.25, 0.3) is 0 Å². The zero-order valence-corrected chi connectivity index (χ0v) is 14.3. The molecular weight excluding hydrogens is 367 g/mol. The van der Waals surface area contributed by atoms with Crippen LogP contribution in [0.25, 0.3) is 10.9 Å². The second-order valence-corrected chi connectivity index (χ2v) is 7.30. The first kappa shape index (κ1) is 18.2. The van der Waals surface area contributed by atoms with Crippen molar-refractivity contribution in [3.63, 3.8) is 0 Å². The van der Waals surface area contributed by atoms with Gasteiger partial charge >= 0.3 is 6.18 Å². The van der Waals surface area contributed by atoms with Gasteiger partial charge in [0.1, 0.15) is 0 Å². The Hall–Kier alpha value is -2.65. The van der Waals surface area contributed by atoms with Crippen molar-refractivity contribution in [3.8, 4) is 0 Å². The van der Waals surface area contributed by atoms with Gasteiger partial charge in [0, 0.05) is 22.5 Å². The molecule has 2 aromatic carbocycles. The van der Waals surface area contributed by atoms with Gasteiger partial charge in [0.05, 0.1) is 16.0 Å². The third-order valence-corrected chi connectivity index (χ3v) is 4.66. The number of pyridine rings is 1. The van der Waals surface area contributed by atoms with E-state index in [1.807, 2.05) is 0 Å². The molecule has 0 radical (unpaired) electrons. The normalized spacial score (nSPS) is 12.3. The average Bonchev–Trinajstić information content (AvgIpc) is 2.53. The van der Waals surface area contributed by atoms with Crippen molar-refractivity contribution in [3.05, 3.63) is 59.8 Å². The van der Waals surface area contributed by atoms with Crippen LogP contribution in [0.3, 0.4) is 0 Å². The van der Waals surface area contributed by atoms with E-state index in [1.165, 1.54) is 30.3 Å². The molecule has 3 aromatic rings. The number of nitrogens with two attached hydrogens (primary N) is 1. The lowest BCUT2D eigenvalue weighted by molar-refractivity contribution is -0.137. The van der Waals surface area contributed by atoms with Crippen LogP contribution in [0.4, 0.5) is 24.5 Å². The highest BCUT2D eigenvalue weighted by Gasteiger charge is 2.30. The molecule has 9 heteroatoms. The van der Waals surface area contributed by atoms with Crippen LogP contribution in [0.1, 0.15) is 11.3 Å². The Morgan fingerprint density at radius 1 is 1.04 bits per heavy atom. The van der Waals surface area contributed by atoms with E-state index in [4.69, 9.17) is 5.14 Å². The number of fused-ring (bicyclic) bond motifs is 1. The molecule has 0 spiro atoms. The number of rotatable bonds is 3. The largest absolute Gasteiger partial charge is 0.416 e. The monoisotopic (exact) mass is 381 g/mol. The maximum Gasteiger partial charge on any atom is 0.416 e. The zero-order valence-electron chi connectivity index (χ0n) is 13.5. The minimum Gasteiger partial charge on any atom is -0.355 e. The molecule has 1 heterocycles. The molecule has 0 aliphatic rings. The Balaban J connectivity index is 2.02. The molecule has 136 valence electrons. The first-order valence-electron chi connectivity index (χ1n) is 7.42. The van der Waals surface area contributed by atoms with E-state index < -0.39 is 21.8 Å². The number of alkyl halides is 3. The summed E-state index contributed by atoms with van der Waals surface area (Å²) in [7, 11) is -3.80. The molecule has 3 rings (SSSR count). The number of primary sulfonamides is 1. The van der Waals surface area contributed by atoms with Gasteiger partial charge in [-0.15, -0.1) is 0 Å². The smallest absolute Gasteiger partial charge is 0.355 e. The van der Waals surface area contributed by atoms with E-state index in [2.05, 4.69) is 10.3 Å². The topological polar surface area (TPSA) is 85.1 Å². The Kier molecular flexibility index (Phi) is 4.37. The molecule has 0 aliphatic heterocycles. The maximum absolute atomic E-state index is 12.9. The van der Waals surface area contributed by atoms with Gasteiger partial charge in [-0.25, -0.2) is 13.6 Å². The molecule has 0 fully saturated rings. The number of nitrogens with one attached hydrogen (secondary N) is 1. The molecular formula is C17H14F3N3O2S. The molecule has 0 saturated carbocycles. The fourth-order valence-corrected chi connectivity index (χ4v) is 3.04. The maximum atomic E-state index is 12.9. The van der Waals surface area contributed by atoms with Crippen molar-refractivity contribution in [1.29, 1.82) is 0 Å². The molecule has 0 aliphatic carbocycles. The molecule has 1 aromatic heterocycles. The van der Waals surface area contributed by atoms with E-state index in [0.29, 0.717) is 22.5 Å². The van der Waals surface area contributed by atoms with Crippen molar-refractivity contribution < 1.29 is 21.6 Å². The summed E-state index contributed by atoms with van der Waals surface area (Å²) in [6.07, 6.45) is -4.45. The lowest BCUT2D eigenvalue weighted by atomic mass is 10.1. The molecule has 5 nitrogen and oxygen atoms in total. The second kappa shape index (κ2) is 6.26. The summed E-state index contributed by atoms with van der Waals surface area (Å²) < 4.78 is 61.3. The number of benzene rings is 2. The molecule has 0 amide bonds. The fourth-order valence-electron chi connectivity index (χ4n) is 2.52. The van der Waals surface area contributed by atoms with Crippen LogP contribution >= 0.6 is 0 Å². The highest BCUT2D eigenvalue weighted by molar-refractivity contribution is 7.89. The number of hydrogen-bond donors (Lipinski definition) is 2. The number of sulfonamides is 1. The second-order valence-electron chi connectivity index (χ2n) is 5.74. The number of anilines is 2. The van der Waals surface area contributed by atoms with E-state index in [-0.39, 0.29) is 10.4 Å². The summed E-state index contributed by atoms with van der Waals surface area (Å²) in [5.74, 6) is 0. The van der Waals surface area contributed by atoms with Gasteiger partial charge in [0.2, 0.25) is 10.0 Å². The lowest BCUT2D eigenvalue weighted by Crippen LogP contribution is -2.11.